The summed E-state index contributed by atoms with van der Waals surface area (Å²) in [6, 6.07) is 0. The third-order valence-electron chi connectivity index (χ3n) is 5.69. The quantitative estimate of drug-likeness (QED) is 0.196. The second-order valence-corrected chi connectivity index (χ2v) is 9.75. The highest BCUT2D eigenvalue weighted by Gasteiger charge is 2.00. The van der Waals surface area contributed by atoms with Gasteiger partial charge in [0.2, 0.25) is 0 Å². The molecule has 0 nitrogen and oxygen atoms in total. The van der Waals surface area contributed by atoms with Crippen molar-refractivity contribution in [3.05, 3.63) is 0 Å². The van der Waals surface area contributed by atoms with Crippen LogP contribution in [0.3, 0.4) is 0 Å². The van der Waals surface area contributed by atoms with Crippen molar-refractivity contribution in [3.8, 4) is 0 Å². The second-order valence-electron chi connectivity index (χ2n) is 9.75. The van der Waals surface area contributed by atoms with E-state index < -0.39 is 0 Å². The lowest BCUT2D eigenvalue weighted by molar-refractivity contribution is 0.445. The first kappa shape index (κ1) is 33.6. The van der Waals surface area contributed by atoms with E-state index in [-0.39, 0.29) is 0 Å². The Hall–Kier alpha value is 0. The molecule has 0 aromatic rings. The molecule has 0 fully saturated rings. The van der Waals surface area contributed by atoms with Gasteiger partial charge in [0.05, 0.1) is 0 Å². The molecular weight excluding hydrogens is 348 g/mol. The molecule has 0 aliphatic heterocycles. The van der Waals surface area contributed by atoms with Crippen molar-refractivity contribution in [1.82, 2.24) is 0 Å². The SMILES string of the molecule is CCCCCCC(C)C.CCCCCCC(C)CCCC.CCCCCCCC. The van der Waals surface area contributed by atoms with Crippen molar-refractivity contribution >= 4 is 0 Å². The predicted molar refractivity (Wildman–Crippen MR) is 140 cm³/mol. The Labute approximate surface area is 189 Å². The summed E-state index contributed by atoms with van der Waals surface area (Å²) in [6.07, 6.45) is 27.0. The van der Waals surface area contributed by atoms with Crippen LogP contribution in [0.4, 0.5) is 0 Å². The summed E-state index contributed by atoms with van der Waals surface area (Å²) < 4.78 is 0. The smallest absolute Gasteiger partial charge is 0.0443 e. The van der Waals surface area contributed by atoms with Gasteiger partial charge in [-0.15, -0.1) is 0 Å². The van der Waals surface area contributed by atoms with Crippen LogP contribution in [-0.2, 0) is 0 Å². The zero-order chi connectivity index (χ0) is 22.6. The molecule has 0 aliphatic carbocycles. The third-order valence-corrected chi connectivity index (χ3v) is 5.69. The van der Waals surface area contributed by atoms with Crippen LogP contribution in [0, 0.1) is 11.8 Å². The first-order chi connectivity index (χ1) is 14.0. The largest absolute Gasteiger partial charge is 0.0654 e. The summed E-state index contributed by atoms with van der Waals surface area (Å²) in [4.78, 5) is 0. The summed E-state index contributed by atoms with van der Waals surface area (Å²) in [5, 5.41) is 0. The molecule has 0 radical (unpaired) electrons. The van der Waals surface area contributed by atoms with Gasteiger partial charge >= 0.3 is 0 Å². The lowest BCUT2D eigenvalue weighted by Gasteiger charge is -2.09. The molecule has 0 amide bonds. The Balaban J connectivity index is -0.000000359. The fraction of sp³-hybridized carbons (Fsp3) is 1.00. The van der Waals surface area contributed by atoms with Gasteiger partial charge in [0.25, 0.3) is 0 Å². The molecule has 0 aromatic heterocycles. The van der Waals surface area contributed by atoms with Gasteiger partial charge in [0, 0.05) is 0 Å². The summed E-state index contributed by atoms with van der Waals surface area (Å²) in [5.74, 6) is 1.88. The van der Waals surface area contributed by atoms with Crippen LogP contribution in [0.1, 0.15) is 177 Å². The molecule has 0 heterocycles. The van der Waals surface area contributed by atoms with E-state index in [2.05, 4.69) is 55.4 Å². The summed E-state index contributed by atoms with van der Waals surface area (Å²) in [7, 11) is 0. The minimum Gasteiger partial charge on any atom is -0.0654 e. The van der Waals surface area contributed by atoms with Gasteiger partial charge in [-0.1, -0.05) is 177 Å². The van der Waals surface area contributed by atoms with Crippen molar-refractivity contribution in [2.45, 2.75) is 177 Å². The van der Waals surface area contributed by atoms with Crippen LogP contribution >= 0.6 is 0 Å². The maximum absolute atomic E-state index is 2.40. The van der Waals surface area contributed by atoms with E-state index >= 15 is 0 Å². The molecule has 1 unspecified atom stereocenters. The van der Waals surface area contributed by atoms with E-state index in [1.165, 1.54) is 122 Å². The molecule has 0 spiro atoms. The first-order valence-electron chi connectivity index (χ1n) is 14.0. The van der Waals surface area contributed by atoms with Crippen molar-refractivity contribution in [2.75, 3.05) is 0 Å². The second kappa shape index (κ2) is 32.7. The topological polar surface area (TPSA) is 0 Å². The Morgan fingerprint density at radius 2 is 0.655 bits per heavy atom. The molecule has 0 N–H and O–H groups in total. The molecular formula is C29H64. The molecule has 0 saturated heterocycles. The highest BCUT2D eigenvalue weighted by atomic mass is 14.1. The van der Waals surface area contributed by atoms with Crippen LogP contribution in [0.5, 0.6) is 0 Å². The average Bonchev–Trinajstić information content (AvgIpc) is 2.71. The number of hydrogen-bond donors (Lipinski definition) is 0. The van der Waals surface area contributed by atoms with E-state index in [4.69, 9.17) is 0 Å². The van der Waals surface area contributed by atoms with E-state index in [9.17, 15) is 0 Å². The Morgan fingerprint density at radius 3 is 1.00 bits per heavy atom. The van der Waals surface area contributed by atoms with E-state index in [0.717, 1.165) is 11.8 Å². The predicted octanol–water partition coefficient (Wildman–Crippen LogP) is 11.8. The Bertz CT molecular complexity index is 224. The lowest BCUT2D eigenvalue weighted by atomic mass is 9.97. The van der Waals surface area contributed by atoms with Gasteiger partial charge in [-0.3, -0.25) is 0 Å². The maximum atomic E-state index is 2.40. The summed E-state index contributed by atoms with van der Waals surface area (Å²) >= 11 is 0. The van der Waals surface area contributed by atoms with Gasteiger partial charge in [-0.05, 0) is 11.8 Å². The zero-order valence-electron chi connectivity index (χ0n) is 22.6. The third kappa shape index (κ3) is 42.9. The molecule has 0 aromatic carbocycles. The molecule has 180 valence electrons. The van der Waals surface area contributed by atoms with Crippen LogP contribution in [0.25, 0.3) is 0 Å². The van der Waals surface area contributed by atoms with Crippen molar-refractivity contribution in [1.29, 1.82) is 0 Å². The molecule has 0 rings (SSSR count). The fourth-order valence-corrected chi connectivity index (χ4v) is 3.45. The average molecular weight is 413 g/mol. The standard InChI is InChI=1S/C12H26.C9H20.C8H18/c1-4-6-8-9-11-12(3)10-7-5-2;1-4-5-6-7-8-9(2)3;1-3-5-7-8-6-4-2/h12H,4-11H2,1-3H3;9H,4-8H2,1-3H3;3-8H2,1-2H3. The maximum Gasteiger partial charge on any atom is -0.0443 e. The van der Waals surface area contributed by atoms with Gasteiger partial charge in [-0.25, -0.2) is 0 Å². The number of unbranched alkanes of at least 4 members (excludes halogenated alkanes) is 12. The van der Waals surface area contributed by atoms with Crippen LogP contribution in [0.15, 0.2) is 0 Å². The van der Waals surface area contributed by atoms with Gasteiger partial charge in [0.1, 0.15) is 0 Å². The molecule has 0 bridgehead atoms. The van der Waals surface area contributed by atoms with Gasteiger partial charge in [-0.2, -0.15) is 0 Å². The monoisotopic (exact) mass is 413 g/mol. The van der Waals surface area contributed by atoms with Gasteiger partial charge in [0.15, 0.2) is 0 Å². The van der Waals surface area contributed by atoms with Crippen LogP contribution in [-0.4, -0.2) is 0 Å². The minimum atomic E-state index is 0.904. The Morgan fingerprint density at radius 1 is 0.345 bits per heavy atom. The fourth-order valence-electron chi connectivity index (χ4n) is 3.45. The highest BCUT2D eigenvalue weighted by molar-refractivity contribution is 4.53. The minimum absolute atomic E-state index is 0.904. The van der Waals surface area contributed by atoms with Crippen molar-refractivity contribution in [2.24, 2.45) is 11.8 Å². The van der Waals surface area contributed by atoms with Crippen LogP contribution < -0.4 is 0 Å². The van der Waals surface area contributed by atoms with E-state index in [0.29, 0.717) is 0 Å². The van der Waals surface area contributed by atoms with E-state index in [1.807, 2.05) is 0 Å². The Kier molecular flexibility index (Phi) is 37.9. The van der Waals surface area contributed by atoms with Crippen molar-refractivity contribution < 1.29 is 0 Å². The molecule has 0 heteroatoms. The molecule has 29 heavy (non-hydrogen) atoms. The van der Waals surface area contributed by atoms with Crippen molar-refractivity contribution in [3.63, 3.8) is 0 Å². The zero-order valence-corrected chi connectivity index (χ0v) is 22.6. The first-order valence-corrected chi connectivity index (χ1v) is 14.0. The molecule has 0 saturated carbocycles. The summed E-state index contributed by atoms with van der Waals surface area (Å²) in [5.41, 5.74) is 0. The number of hydrogen-bond acceptors (Lipinski definition) is 0. The lowest BCUT2D eigenvalue weighted by Crippen LogP contribution is -1.94. The van der Waals surface area contributed by atoms with E-state index in [1.54, 1.807) is 0 Å². The molecule has 0 aliphatic rings. The number of rotatable bonds is 18. The summed E-state index contributed by atoms with van der Waals surface area (Å²) in [6.45, 7) is 18.3. The highest BCUT2D eigenvalue weighted by Crippen LogP contribution is 2.16. The van der Waals surface area contributed by atoms with Crippen LogP contribution in [0.2, 0.25) is 0 Å². The van der Waals surface area contributed by atoms with Gasteiger partial charge < -0.3 is 0 Å². The normalized spacial score (nSPS) is 11.5. The molecule has 1 atom stereocenters.